The molecule has 0 aromatic heterocycles. The van der Waals surface area contributed by atoms with Crippen LogP contribution in [0.4, 0.5) is 0 Å². The molecule has 1 saturated heterocycles. The molecular formula is C11H17N3O4. The number of hydrogen-bond acceptors (Lipinski definition) is 4. The first kappa shape index (κ1) is 14.2. The highest BCUT2D eigenvalue weighted by Crippen LogP contribution is 2.08. The van der Waals surface area contributed by atoms with Gasteiger partial charge in [-0.1, -0.05) is 0 Å². The SMILES string of the molecule is NN(CC(=O)O)C(=O)/C=C/C(=O)N1CCCCC1. The molecule has 0 bridgehead atoms. The third-order valence-corrected chi connectivity index (χ3v) is 2.62. The highest BCUT2D eigenvalue weighted by Gasteiger charge is 2.15. The van der Waals surface area contributed by atoms with Gasteiger partial charge in [-0.2, -0.15) is 0 Å². The Morgan fingerprint density at radius 3 is 2.33 bits per heavy atom. The zero-order chi connectivity index (χ0) is 13.5. The first-order valence-corrected chi connectivity index (χ1v) is 5.75. The Kier molecular flexibility index (Phi) is 5.31. The molecule has 0 aromatic carbocycles. The van der Waals surface area contributed by atoms with Gasteiger partial charge in [-0.25, -0.2) is 5.84 Å². The van der Waals surface area contributed by atoms with E-state index in [0.29, 0.717) is 18.1 Å². The van der Waals surface area contributed by atoms with Gasteiger partial charge < -0.3 is 10.0 Å². The van der Waals surface area contributed by atoms with Crippen LogP contribution < -0.4 is 5.84 Å². The van der Waals surface area contributed by atoms with Crippen LogP contribution in [0.1, 0.15) is 19.3 Å². The summed E-state index contributed by atoms with van der Waals surface area (Å²) in [4.78, 5) is 35.0. The summed E-state index contributed by atoms with van der Waals surface area (Å²) in [6.07, 6.45) is 5.18. The van der Waals surface area contributed by atoms with Gasteiger partial charge in [-0.05, 0) is 19.3 Å². The number of hydrogen-bond donors (Lipinski definition) is 2. The third-order valence-electron chi connectivity index (χ3n) is 2.62. The fraction of sp³-hybridized carbons (Fsp3) is 0.545. The first-order chi connectivity index (χ1) is 8.50. The molecule has 0 aromatic rings. The smallest absolute Gasteiger partial charge is 0.324 e. The summed E-state index contributed by atoms with van der Waals surface area (Å²) in [6.45, 7) is 0.790. The van der Waals surface area contributed by atoms with Crippen LogP contribution in [0.25, 0.3) is 0 Å². The van der Waals surface area contributed by atoms with E-state index in [4.69, 9.17) is 10.9 Å². The zero-order valence-corrected chi connectivity index (χ0v) is 10.0. The monoisotopic (exact) mass is 255 g/mol. The van der Waals surface area contributed by atoms with Crippen LogP contribution in [-0.4, -0.2) is 52.4 Å². The number of piperidine rings is 1. The Balaban J connectivity index is 2.44. The van der Waals surface area contributed by atoms with E-state index in [1.165, 1.54) is 0 Å². The van der Waals surface area contributed by atoms with Crippen molar-refractivity contribution in [3.63, 3.8) is 0 Å². The second-order valence-electron chi connectivity index (χ2n) is 4.08. The number of amides is 2. The van der Waals surface area contributed by atoms with E-state index in [1.54, 1.807) is 4.90 Å². The van der Waals surface area contributed by atoms with Crippen LogP contribution in [0.2, 0.25) is 0 Å². The minimum atomic E-state index is -1.21. The minimum absolute atomic E-state index is 0.244. The molecule has 7 heteroatoms. The molecule has 1 rings (SSSR count). The molecule has 7 nitrogen and oxygen atoms in total. The van der Waals surface area contributed by atoms with Gasteiger partial charge in [0, 0.05) is 25.2 Å². The summed E-state index contributed by atoms with van der Waals surface area (Å²) >= 11 is 0. The Morgan fingerprint density at radius 2 is 1.78 bits per heavy atom. The average Bonchev–Trinajstić information content (AvgIpc) is 2.35. The van der Waals surface area contributed by atoms with Crippen molar-refractivity contribution in [1.82, 2.24) is 9.91 Å². The van der Waals surface area contributed by atoms with Gasteiger partial charge in [0.15, 0.2) is 0 Å². The fourth-order valence-electron chi connectivity index (χ4n) is 1.68. The molecule has 0 radical (unpaired) electrons. The number of carbonyl (C=O) groups is 3. The normalized spacial score (nSPS) is 15.7. The van der Waals surface area contributed by atoms with E-state index in [2.05, 4.69) is 0 Å². The van der Waals surface area contributed by atoms with Crippen molar-refractivity contribution in [1.29, 1.82) is 0 Å². The lowest BCUT2D eigenvalue weighted by Crippen LogP contribution is -2.40. The molecule has 100 valence electrons. The summed E-state index contributed by atoms with van der Waals surface area (Å²) in [5.41, 5.74) is 0. The Bertz CT molecular complexity index is 361. The Morgan fingerprint density at radius 1 is 1.17 bits per heavy atom. The molecule has 1 heterocycles. The maximum absolute atomic E-state index is 11.7. The van der Waals surface area contributed by atoms with Crippen LogP contribution in [0.15, 0.2) is 12.2 Å². The Labute approximate surface area is 105 Å². The minimum Gasteiger partial charge on any atom is -0.480 e. The number of nitrogens with two attached hydrogens (primary N) is 1. The molecule has 0 saturated carbocycles. The van der Waals surface area contributed by atoms with Gasteiger partial charge in [0.1, 0.15) is 6.54 Å². The van der Waals surface area contributed by atoms with E-state index < -0.39 is 18.4 Å². The van der Waals surface area contributed by atoms with Crippen molar-refractivity contribution in [3.8, 4) is 0 Å². The van der Waals surface area contributed by atoms with Crippen LogP contribution >= 0.6 is 0 Å². The average molecular weight is 255 g/mol. The summed E-state index contributed by atoms with van der Waals surface area (Å²) in [5.74, 6) is 3.05. The summed E-state index contributed by atoms with van der Waals surface area (Å²) in [6, 6.07) is 0. The standard InChI is InChI=1S/C11H17N3O4/c12-14(8-11(17)18)10(16)5-4-9(15)13-6-2-1-3-7-13/h4-5H,1-3,6-8,12H2,(H,17,18)/b5-4+. The van der Waals surface area contributed by atoms with Crippen molar-refractivity contribution in [2.75, 3.05) is 19.6 Å². The Hall–Kier alpha value is -1.89. The van der Waals surface area contributed by atoms with Crippen molar-refractivity contribution in [2.45, 2.75) is 19.3 Å². The van der Waals surface area contributed by atoms with Crippen molar-refractivity contribution in [2.24, 2.45) is 5.84 Å². The molecule has 0 unspecified atom stereocenters. The van der Waals surface area contributed by atoms with Crippen molar-refractivity contribution < 1.29 is 19.5 Å². The number of likely N-dealkylation sites (tertiary alicyclic amines) is 1. The number of hydrazine groups is 1. The number of rotatable bonds is 4. The number of carboxylic acids is 1. The number of carbonyl (C=O) groups excluding carboxylic acids is 2. The van der Waals surface area contributed by atoms with Crippen LogP contribution in [-0.2, 0) is 14.4 Å². The predicted octanol–water partition coefficient (Wildman–Crippen LogP) is -0.658. The van der Waals surface area contributed by atoms with Gasteiger partial charge in [0.2, 0.25) is 5.91 Å². The molecule has 0 spiro atoms. The molecule has 0 atom stereocenters. The van der Waals surface area contributed by atoms with Gasteiger partial charge >= 0.3 is 5.97 Å². The molecule has 1 fully saturated rings. The van der Waals surface area contributed by atoms with E-state index in [1.807, 2.05) is 0 Å². The van der Waals surface area contributed by atoms with Crippen molar-refractivity contribution >= 4 is 17.8 Å². The lowest BCUT2D eigenvalue weighted by Gasteiger charge is -2.25. The van der Waals surface area contributed by atoms with Gasteiger partial charge in [0.05, 0.1) is 0 Å². The largest absolute Gasteiger partial charge is 0.480 e. The van der Waals surface area contributed by atoms with Gasteiger partial charge in [0.25, 0.3) is 5.91 Å². The number of carboxylic acid groups (broad SMARTS) is 1. The maximum atomic E-state index is 11.7. The highest BCUT2D eigenvalue weighted by molar-refractivity contribution is 5.97. The summed E-state index contributed by atoms with van der Waals surface area (Å²) in [7, 11) is 0. The quantitative estimate of drug-likeness (QED) is 0.300. The lowest BCUT2D eigenvalue weighted by atomic mass is 10.1. The molecule has 1 aliphatic heterocycles. The van der Waals surface area contributed by atoms with E-state index in [0.717, 1.165) is 31.4 Å². The number of aliphatic carboxylic acids is 1. The lowest BCUT2D eigenvalue weighted by molar-refractivity contribution is -0.142. The highest BCUT2D eigenvalue weighted by atomic mass is 16.4. The molecule has 0 aliphatic carbocycles. The fourth-order valence-corrected chi connectivity index (χ4v) is 1.68. The molecular weight excluding hydrogens is 238 g/mol. The van der Waals surface area contributed by atoms with Crippen LogP contribution in [0.3, 0.4) is 0 Å². The predicted molar refractivity (Wildman–Crippen MR) is 63.1 cm³/mol. The second kappa shape index (κ2) is 6.75. The second-order valence-corrected chi connectivity index (χ2v) is 4.08. The van der Waals surface area contributed by atoms with Crippen molar-refractivity contribution in [3.05, 3.63) is 12.2 Å². The van der Waals surface area contributed by atoms with E-state index in [9.17, 15) is 14.4 Å². The third kappa shape index (κ3) is 4.54. The topological polar surface area (TPSA) is 104 Å². The first-order valence-electron chi connectivity index (χ1n) is 5.75. The molecule has 2 amide bonds. The molecule has 3 N–H and O–H groups in total. The van der Waals surface area contributed by atoms with Gasteiger partial charge in [-0.15, -0.1) is 0 Å². The van der Waals surface area contributed by atoms with Crippen LogP contribution in [0, 0.1) is 0 Å². The van der Waals surface area contributed by atoms with E-state index in [-0.39, 0.29) is 5.91 Å². The summed E-state index contributed by atoms with van der Waals surface area (Å²) < 4.78 is 0. The van der Waals surface area contributed by atoms with Gasteiger partial charge in [-0.3, -0.25) is 19.4 Å². The van der Waals surface area contributed by atoms with Crippen LogP contribution in [0.5, 0.6) is 0 Å². The number of nitrogens with zero attached hydrogens (tertiary/aromatic N) is 2. The molecule has 18 heavy (non-hydrogen) atoms. The van der Waals surface area contributed by atoms with E-state index >= 15 is 0 Å². The summed E-state index contributed by atoms with van der Waals surface area (Å²) in [5, 5.41) is 8.98. The maximum Gasteiger partial charge on any atom is 0.324 e. The zero-order valence-electron chi connectivity index (χ0n) is 10.0. The molecule has 1 aliphatic rings.